The van der Waals surface area contributed by atoms with E-state index in [1.54, 1.807) is 4.88 Å². The van der Waals surface area contributed by atoms with Gasteiger partial charge in [0.25, 0.3) is 0 Å². The van der Waals surface area contributed by atoms with Crippen LogP contribution in [0.25, 0.3) is 0 Å². The molecule has 0 aromatic carbocycles. The van der Waals surface area contributed by atoms with E-state index in [-0.39, 0.29) is 0 Å². The second kappa shape index (κ2) is 7.80. The maximum atomic E-state index is 3.69. The number of rotatable bonds is 5. The Morgan fingerprint density at radius 1 is 1.26 bits per heavy atom. The van der Waals surface area contributed by atoms with E-state index in [0.29, 0.717) is 6.04 Å². The molecule has 0 spiro atoms. The minimum atomic E-state index is 0.609. The summed E-state index contributed by atoms with van der Waals surface area (Å²) in [7, 11) is 0. The molecule has 0 bridgehead atoms. The van der Waals surface area contributed by atoms with Crippen LogP contribution in [0.5, 0.6) is 0 Å². The van der Waals surface area contributed by atoms with Crippen molar-refractivity contribution in [3.05, 3.63) is 20.8 Å². The van der Waals surface area contributed by atoms with E-state index in [9.17, 15) is 0 Å². The predicted molar refractivity (Wildman–Crippen MR) is 88.9 cm³/mol. The van der Waals surface area contributed by atoms with Crippen LogP contribution in [0.4, 0.5) is 0 Å². The number of hydrogen-bond acceptors (Lipinski definition) is 2. The summed E-state index contributed by atoms with van der Waals surface area (Å²) in [5, 5.41) is 5.86. The van der Waals surface area contributed by atoms with E-state index in [1.165, 1.54) is 49.5 Å². The third kappa shape index (κ3) is 4.87. The van der Waals surface area contributed by atoms with Crippen LogP contribution in [0.3, 0.4) is 0 Å². The lowest BCUT2D eigenvalue weighted by molar-refractivity contribution is 0.292. The first-order valence-electron chi connectivity index (χ1n) is 7.62. The van der Waals surface area contributed by atoms with Crippen molar-refractivity contribution in [2.24, 2.45) is 11.8 Å². The van der Waals surface area contributed by atoms with Crippen LogP contribution in [0, 0.1) is 11.8 Å². The maximum Gasteiger partial charge on any atom is 0.0314 e. The zero-order valence-corrected chi connectivity index (χ0v) is 14.5. The van der Waals surface area contributed by atoms with Crippen LogP contribution < -0.4 is 5.32 Å². The molecule has 1 fully saturated rings. The van der Waals surface area contributed by atoms with E-state index in [0.717, 1.165) is 11.8 Å². The summed E-state index contributed by atoms with van der Waals surface area (Å²) in [5.74, 6) is 1.72. The first kappa shape index (κ1) is 15.5. The number of nitrogens with one attached hydrogen (secondary N) is 1. The van der Waals surface area contributed by atoms with Gasteiger partial charge in [-0.15, -0.1) is 11.3 Å². The summed E-state index contributed by atoms with van der Waals surface area (Å²) in [4.78, 5) is 1.54. The molecular formula is C16H26BrNS. The van der Waals surface area contributed by atoms with Crippen LogP contribution in [0.2, 0.25) is 0 Å². The quantitative estimate of drug-likeness (QED) is 0.720. The number of thiophene rings is 1. The molecule has 1 heterocycles. The highest BCUT2D eigenvalue weighted by Crippen LogP contribution is 2.34. The highest BCUT2D eigenvalue weighted by atomic mass is 79.9. The van der Waals surface area contributed by atoms with E-state index >= 15 is 0 Å². The lowest BCUT2D eigenvalue weighted by Gasteiger charge is -2.26. The first-order chi connectivity index (χ1) is 9.16. The molecule has 2 atom stereocenters. The fourth-order valence-corrected chi connectivity index (χ4v) is 4.70. The van der Waals surface area contributed by atoms with Crippen molar-refractivity contribution in [3.8, 4) is 0 Å². The Bertz CT molecular complexity index is 375. The monoisotopic (exact) mass is 343 g/mol. The number of halogens is 1. The van der Waals surface area contributed by atoms with Crippen molar-refractivity contribution in [2.45, 2.75) is 58.4 Å². The van der Waals surface area contributed by atoms with E-state index < -0.39 is 0 Å². The Morgan fingerprint density at radius 2 is 2.00 bits per heavy atom. The summed E-state index contributed by atoms with van der Waals surface area (Å²) < 4.78 is 1.32. The van der Waals surface area contributed by atoms with Gasteiger partial charge in [-0.05, 0) is 65.0 Å². The largest absolute Gasteiger partial charge is 0.314 e. The zero-order valence-electron chi connectivity index (χ0n) is 12.1. The van der Waals surface area contributed by atoms with Gasteiger partial charge in [-0.3, -0.25) is 0 Å². The van der Waals surface area contributed by atoms with Crippen LogP contribution in [0.1, 0.15) is 50.8 Å². The molecule has 1 aromatic rings. The highest BCUT2D eigenvalue weighted by Gasteiger charge is 2.24. The fraction of sp³-hybridized carbons (Fsp3) is 0.750. The average Bonchev–Trinajstić information content (AvgIpc) is 2.64. The highest BCUT2D eigenvalue weighted by molar-refractivity contribution is 9.10. The van der Waals surface area contributed by atoms with Gasteiger partial charge in [-0.25, -0.2) is 0 Å². The summed E-state index contributed by atoms with van der Waals surface area (Å²) >= 11 is 5.60. The van der Waals surface area contributed by atoms with Gasteiger partial charge >= 0.3 is 0 Å². The maximum absolute atomic E-state index is 3.69. The van der Waals surface area contributed by atoms with Gasteiger partial charge in [0.1, 0.15) is 0 Å². The molecule has 19 heavy (non-hydrogen) atoms. The molecule has 0 radical (unpaired) electrons. The van der Waals surface area contributed by atoms with E-state index in [2.05, 4.69) is 46.5 Å². The van der Waals surface area contributed by atoms with Crippen molar-refractivity contribution >= 4 is 27.3 Å². The Balaban J connectivity index is 1.98. The summed E-state index contributed by atoms with van der Waals surface area (Å²) in [6.07, 6.45) is 8.36. The Hall–Kier alpha value is 0.140. The summed E-state index contributed by atoms with van der Waals surface area (Å²) in [6, 6.07) is 2.80. The van der Waals surface area contributed by atoms with Crippen molar-refractivity contribution < 1.29 is 0 Å². The van der Waals surface area contributed by atoms with Gasteiger partial charge in [0.2, 0.25) is 0 Å². The first-order valence-corrected chi connectivity index (χ1v) is 9.29. The van der Waals surface area contributed by atoms with E-state index in [1.807, 2.05) is 11.3 Å². The van der Waals surface area contributed by atoms with Gasteiger partial charge < -0.3 is 5.32 Å². The van der Waals surface area contributed by atoms with Crippen LogP contribution >= 0.6 is 27.3 Å². The Morgan fingerprint density at radius 3 is 2.63 bits per heavy atom. The molecule has 1 aliphatic rings. The topological polar surface area (TPSA) is 12.0 Å². The summed E-state index contributed by atoms with van der Waals surface area (Å²) in [5.41, 5.74) is 0. The van der Waals surface area contributed by atoms with Gasteiger partial charge in [0.05, 0.1) is 0 Å². The molecule has 0 amide bonds. The van der Waals surface area contributed by atoms with Crippen molar-refractivity contribution in [1.82, 2.24) is 5.32 Å². The Kier molecular flexibility index (Phi) is 6.37. The molecule has 1 saturated carbocycles. The molecule has 0 aliphatic heterocycles. The van der Waals surface area contributed by atoms with Gasteiger partial charge in [0, 0.05) is 15.4 Å². The molecule has 1 N–H and O–H groups in total. The molecule has 2 rings (SSSR count). The molecule has 2 unspecified atom stereocenters. The fourth-order valence-electron chi connectivity index (χ4n) is 3.09. The van der Waals surface area contributed by atoms with Crippen LogP contribution in [-0.4, -0.2) is 12.6 Å². The molecule has 108 valence electrons. The number of hydrogen-bond donors (Lipinski definition) is 1. The normalized spacial score (nSPS) is 24.6. The van der Waals surface area contributed by atoms with Gasteiger partial charge in [0.15, 0.2) is 0 Å². The SMILES string of the molecule is CC(C)NCC1CCCCCC1Cc1sccc1Br. The molecular weight excluding hydrogens is 318 g/mol. The Labute approximate surface area is 130 Å². The third-order valence-corrected chi connectivity index (χ3v) is 6.19. The van der Waals surface area contributed by atoms with E-state index in [4.69, 9.17) is 0 Å². The second-order valence-corrected chi connectivity index (χ2v) is 7.97. The molecule has 1 aromatic heterocycles. The minimum absolute atomic E-state index is 0.609. The third-order valence-electron chi connectivity index (χ3n) is 4.24. The lowest BCUT2D eigenvalue weighted by Crippen LogP contribution is -2.32. The molecule has 1 nitrogen and oxygen atoms in total. The van der Waals surface area contributed by atoms with Crippen LogP contribution in [0.15, 0.2) is 15.9 Å². The van der Waals surface area contributed by atoms with Crippen molar-refractivity contribution in [2.75, 3.05) is 6.54 Å². The minimum Gasteiger partial charge on any atom is -0.314 e. The standard InChI is InChI=1S/C16H26BrNS/c1-12(2)18-11-14-7-5-3-4-6-13(14)10-16-15(17)8-9-19-16/h8-9,12-14,18H,3-7,10-11H2,1-2H3. The second-order valence-electron chi connectivity index (χ2n) is 6.12. The molecule has 0 saturated heterocycles. The average molecular weight is 344 g/mol. The van der Waals surface area contributed by atoms with Crippen molar-refractivity contribution in [3.63, 3.8) is 0 Å². The zero-order chi connectivity index (χ0) is 13.7. The van der Waals surface area contributed by atoms with Gasteiger partial charge in [-0.2, -0.15) is 0 Å². The smallest absolute Gasteiger partial charge is 0.0314 e. The van der Waals surface area contributed by atoms with Gasteiger partial charge in [-0.1, -0.05) is 33.1 Å². The predicted octanol–water partition coefficient (Wildman–Crippen LogP) is 5.25. The van der Waals surface area contributed by atoms with Crippen molar-refractivity contribution in [1.29, 1.82) is 0 Å². The lowest BCUT2D eigenvalue weighted by atomic mass is 9.85. The molecule has 1 aliphatic carbocycles. The molecule has 3 heteroatoms. The van der Waals surface area contributed by atoms with Crippen LogP contribution in [-0.2, 0) is 6.42 Å². The summed E-state index contributed by atoms with van der Waals surface area (Å²) in [6.45, 7) is 5.70.